The highest BCUT2D eigenvalue weighted by atomic mass is 16.3. The molecule has 8 heteroatoms. The largest absolute Gasteiger partial charge is 0.465 e. The first kappa shape index (κ1) is 19.6. The Balaban J connectivity index is 1.44. The molecule has 1 N–H and O–H groups in total. The molecule has 0 fully saturated rings. The van der Waals surface area contributed by atoms with E-state index in [0.29, 0.717) is 23.9 Å². The molecule has 0 radical (unpaired) electrons. The Morgan fingerprint density at radius 2 is 1.87 bits per heavy atom. The molecule has 3 heterocycles. The number of anilines is 2. The lowest BCUT2D eigenvalue weighted by molar-refractivity contribution is -0.119. The molecule has 0 unspecified atom stereocenters. The number of carbonyl (C=O) groups excluding carboxylic acids is 2. The highest BCUT2D eigenvalue weighted by Gasteiger charge is 2.26. The SMILES string of the molecule is CN1CCCN(C(=O)CCNC(=O)C=Cc2ccco2)c2nc3ccccc3nc21. The number of amides is 2. The van der Waals surface area contributed by atoms with Crippen molar-refractivity contribution in [2.75, 3.05) is 36.5 Å². The van der Waals surface area contributed by atoms with Crippen LogP contribution in [0.15, 0.2) is 53.2 Å². The fourth-order valence-corrected chi connectivity index (χ4v) is 3.37. The molecule has 0 bridgehead atoms. The van der Waals surface area contributed by atoms with Crippen molar-refractivity contribution >= 4 is 40.6 Å². The summed E-state index contributed by atoms with van der Waals surface area (Å²) in [6, 6.07) is 11.1. The van der Waals surface area contributed by atoms with Crippen molar-refractivity contribution in [3.8, 4) is 0 Å². The third-order valence-corrected chi connectivity index (χ3v) is 4.91. The van der Waals surface area contributed by atoms with Crippen LogP contribution >= 0.6 is 0 Å². The van der Waals surface area contributed by atoms with Gasteiger partial charge in [0.1, 0.15) is 5.76 Å². The summed E-state index contributed by atoms with van der Waals surface area (Å²) < 4.78 is 5.15. The molecule has 1 aliphatic heterocycles. The van der Waals surface area contributed by atoms with Crippen LogP contribution in [-0.4, -0.2) is 48.5 Å². The van der Waals surface area contributed by atoms with Crippen LogP contribution in [-0.2, 0) is 9.59 Å². The van der Waals surface area contributed by atoms with Gasteiger partial charge in [0, 0.05) is 39.2 Å². The van der Waals surface area contributed by atoms with Crippen molar-refractivity contribution in [3.63, 3.8) is 0 Å². The fraction of sp³-hybridized carbons (Fsp3) is 0.273. The second-order valence-electron chi connectivity index (χ2n) is 7.07. The maximum Gasteiger partial charge on any atom is 0.244 e. The number of fused-ring (bicyclic) bond motifs is 2. The maximum absolute atomic E-state index is 12.9. The van der Waals surface area contributed by atoms with Gasteiger partial charge in [0.2, 0.25) is 11.8 Å². The summed E-state index contributed by atoms with van der Waals surface area (Å²) >= 11 is 0. The van der Waals surface area contributed by atoms with Crippen LogP contribution in [0.4, 0.5) is 11.6 Å². The van der Waals surface area contributed by atoms with Gasteiger partial charge in [-0.2, -0.15) is 0 Å². The number of para-hydroxylation sites is 2. The van der Waals surface area contributed by atoms with Crippen LogP contribution in [0.1, 0.15) is 18.6 Å². The van der Waals surface area contributed by atoms with Gasteiger partial charge in [-0.25, -0.2) is 9.97 Å². The Morgan fingerprint density at radius 3 is 2.60 bits per heavy atom. The number of hydrogen-bond donors (Lipinski definition) is 1. The topological polar surface area (TPSA) is 91.6 Å². The normalized spacial score (nSPS) is 14.0. The zero-order valence-corrected chi connectivity index (χ0v) is 16.7. The molecule has 0 atom stereocenters. The van der Waals surface area contributed by atoms with Crippen LogP contribution in [0.3, 0.4) is 0 Å². The summed E-state index contributed by atoms with van der Waals surface area (Å²) in [5.41, 5.74) is 1.55. The van der Waals surface area contributed by atoms with Crippen molar-refractivity contribution in [1.82, 2.24) is 15.3 Å². The number of furan rings is 1. The van der Waals surface area contributed by atoms with Gasteiger partial charge in [-0.15, -0.1) is 0 Å². The number of aromatic nitrogens is 2. The summed E-state index contributed by atoms with van der Waals surface area (Å²) in [7, 11) is 1.96. The average molecular weight is 405 g/mol. The fourth-order valence-electron chi connectivity index (χ4n) is 3.37. The van der Waals surface area contributed by atoms with Crippen LogP contribution in [0.5, 0.6) is 0 Å². The minimum absolute atomic E-state index is 0.0913. The summed E-state index contributed by atoms with van der Waals surface area (Å²) in [6.45, 7) is 1.59. The molecule has 1 aliphatic rings. The van der Waals surface area contributed by atoms with Crippen molar-refractivity contribution in [1.29, 1.82) is 0 Å². The number of nitrogens with one attached hydrogen (secondary N) is 1. The molecule has 8 nitrogen and oxygen atoms in total. The van der Waals surface area contributed by atoms with E-state index in [9.17, 15) is 9.59 Å². The molecule has 30 heavy (non-hydrogen) atoms. The van der Waals surface area contributed by atoms with Gasteiger partial charge in [-0.05, 0) is 36.8 Å². The van der Waals surface area contributed by atoms with Crippen molar-refractivity contribution in [2.45, 2.75) is 12.8 Å². The Bertz CT molecular complexity index is 1080. The molecular formula is C22H23N5O3. The minimum Gasteiger partial charge on any atom is -0.465 e. The Labute approximate surface area is 174 Å². The smallest absolute Gasteiger partial charge is 0.244 e. The lowest BCUT2D eigenvalue weighted by atomic mass is 10.3. The second-order valence-corrected chi connectivity index (χ2v) is 7.07. The van der Waals surface area contributed by atoms with E-state index in [0.717, 1.165) is 24.0 Å². The summed E-state index contributed by atoms with van der Waals surface area (Å²) in [5, 5.41) is 2.73. The van der Waals surface area contributed by atoms with Crippen LogP contribution in [0, 0.1) is 0 Å². The lowest BCUT2D eigenvalue weighted by Gasteiger charge is -2.23. The van der Waals surface area contributed by atoms with Crippen LogP contribution in [0.25, 0.3) is 17.1 Å². The van der Waals surface area contributed by atoms with E-state index in [1.165, 1.54) is 6.08 Å². The van der Waals surface area contributed by atoms with E-state index in [-0.39, 0.29) is 24.8 Å². The number of rotatable bonds is 5. The standard InChI is InChI=1S/C22H23N5O3/c1-26-13-5-14-27(22-21(26)24-17-7-2-3-8-18(17)25-22)20(29)11-12-23-19(28)10-9-16-6-4-15-30-16/h2-4,6-10,15H,5,11-14H2,1H3,(H,23,28). The first-order valence-corrected chi connectivity index (χ1v) is 9.89. The Kier molecular flexibility index (Phi) is 5.74. The first-order valence-electron chi connectivity index (χ1n) is 9.89. The highest BCUT2D eigenvalue weighted by Crippen LogP contribution is 2.30. The van der Waals surface area contributed by atoms with E-state index < -0.39 is 0 Å². The minimum atomic E-state index is -0.277. The summed E-state index contributed by atoms with van der Waals surface area (Å²) in [6.07, 6.45) is 5.50. The molecule has 0 spiro atoms. The molecular weight excluding hydrogens is 382 g/mol. The Hall–Kier alpha value is -3.68. The van der Waals surface area contributed by atoms with Gasteiger partial charge < -0.3 is 14.6 Å². The molecule has 0 aliphatic carbocycles. The second kappa shape index (κ2) is 8.77. The van der Waals surface area contributed by atoms with E-state index in [1.54, 1.807) is 29.4 Å². The van der Waals surface area contributed by atoms with E-state index in [4.69, 9.17) is 14.4 Å². The molecule has 0 saturated carbocycles. The zero-order valence-electron chi connectivity index (χ0n) is 16.7. The van der Waals surface area contributed by atoms with Crippen molar-refractivity contribution in [3.05, 3.63) is 54.5 Å². The third kappa shape index (κ3) is 4.32. The number of nitrogens with zero attached hydrogens (tertiary/aromatic N) is 4. The van der Waals surface area contributed by atoms with E-state index in [2.05, 4.69) is 5.32 Å². The summed E-state index contributed by atoms with van der Waals surface area (Å²) in [5.74, 6) is 1.50. The number of carbonyl (C=O) groups is 2. The number of benzene rings is 1. The third-order valence-electron chi connectivity index (χ3n) is 4.91. The van der Waals surface area contributed by atoms with Crippen molar-refractivity contribution < 1.29 is 14.0 Å². The van der Waals surface area contributed by atoms with Crippen molar-refractivity contribution in [2.24, 2.45) is 0 Å². The molecule has 0 saturated heterocycles. The average Bonchev–Trinajstić information content (AvgIpc) is 3.22. The lowest BCUT2D eigenvalue weighted by Crippen LogP contribution is -2.35. The predicted molar refractivity (Wildman–Crippen MR) is 115 cm³/mol. The molecule has 154 valence electrons. The quantitative estimate of drug-likeness (QED) is 0.656. The molecule has 3 aromatic rings. The summed E-state index contributed by atoms with van der Waals surface area (Å²) in [4.78, 5) is 38.0. The van der Waals surface area contributed by atoms with E-state index >= 15 is 0 Å². The van der Waals surface area contributed by atoms with Gasteiger partial charge in [0.25, 0.3) is 0 Å². The van der Waals surface area contributed by atoms with Gasteiger partial charge in [0.15, 0.2) is 11.6 Å². The molecule has 4 rings (SSSR count). The highest BCUT2D eigenvalue weighted by molar-refractivity contribution is 5.97. The monoisotopic (exact) mass is 405 g/mol. The first-order chi connectivity index (χ1) is 14.6. The maximum atomic E-state index is 12.9. The molecule has 1 aromatic carbocycles. The van der Waals surface area contributed by atoms with Gasteiger partial charge in [0.05, 0.1) is 17.3 Å². The predicted octanol–water partition coefficient (Wildman–Crippen LogP) is 2.62. The van der Waals surface area contributed by atoms with Crippen LogP contribution in [0.2, 0.25) is 0 Å². The molecule has 2 amide bonds. The Morgan fingerprint density at radius 1 is 1.10 bits per heavy atom. The van der Waals surface area contributed by atoms with Gasteiger partial charge >= 0.3 is 0 Å². The number of hydrogen-bond acceptors (Lipinski definition) is 6. The van der Waals surface area contributed by atoms with Gasteiger partial charge in [-0.3, -0.25) is 14.5 Å². The molecule has 2 aromatic heterocycles. The van der Waals surface area contributed by atoms with Gasteiger partial charge in [-0.1, -0.05) is 12.1 Å². The van der Waals surface area contributed by atoms with Crippen LogP contribution < -0.4 is 15.1 Å². The zero-order chi connectivity index (χ0) is 20.9. The van der Waals surface area contributed by atoms with E-state index in [1.807, 2.05) is 36.2 Å².